The average Bonchev–Trinajstić information content (AvgIpc) is 3.41. The second-order valence-electron chi connectivity index (χ2n) is 8.37. The van der Waals surface area contributed by atoms with Crippen LogP contribution >= 0.6 is 0 Å². The maximum absolute atomic E-state index is 13.2. The Morgan fingerprint density at radius 2 is 1.97 bits per heavy atom. The van der Waals surface area contributed by atoms with Gasteiger partial charge in [0.15, 0.2) is 0 Å². The molecule has 1 fully saturated rings. The first kappa shape index (κ1) is 20.9. The lowest BCUT2D eigenvalue weighted by Gasteiger charge is -2.28. The van der Waals surface area contributed by atoms with Gasteiger partial charge in [0.2, 0.25) is 0 Å². The highest BCUT2D eigenvalue weighted by Gasteiger charge is 2.46. The summed E-state index contributed by atoms with van der Waals surface area (Å²) in [4.78, 5) is 29.8. The summed E-state index contributed by atoms with van der Waals surface area (Å²) in [6.07, 6.45) is 1.53. The molecule has 1 unspecified atom stereocenters. The summed E-state index contributed by atoms with van der Waals surface area (Å²) in [7, 11) is 1.94. The maximum atomic E-state index is 13.2. The number of ether oxygens (including phenoxy) is 1. The van der Waals surface area contributed by atoms with E-state index in [0.29, 0.717) is 30.2 Å². The van der Waals surface area contributed by atoms with Crippen molar-refractivity contribution in [3.05, 3.63) is 88.9 Å². The number of carbonyl (C=O) groups is 2. The Morgan fingerprint density at radius 1 is 1.12 bits per heavy atom. The summed E-state index contributed by atoms with van der Waals surface area (Å²) in [6, 6.07) is 15.6. The van der Waals surface area contributed by atoms with E-state index in [1.165, 1.54) is 11.2 Å². The van der Waals surface area contributed by atoms with Gasteiger partial charge in [-0.2, -0.15) is 0 Å². The molecule has 33 heavy (non-hydrogen) atoms. The van der Waals surface area contributed by atoms with Crippen LogP contribution in [0.3, 0.4) is 0 Å². The van der Waals surface area contributed by atoms with Crippen LogP contribution in [0.1, 0.15) is 28.5 Å². The SMILES string of the molecule is Cc1cccc(C2/C(=C(/O)c3ccc4c(c3)N(C)CCO4)C(=O)C(=O)N2Cc2ccco2)c1. The van der Waals surface area contributed by atoms with E-state index in [0.717, 1.165) is 16.8 Å². The monoisotopic (exact) mass is 444 g/mol. The molecule has 0 spiro atoms. The lowest BCUT2D eigenvalue weighted by atomic mass is 9.94. The Kier molecular flexibility index (Phi) is 5.17. The number of aliphatic hydroxyl groups excluding tert-OH is 1. The number of aliphatic hydroxyl groups is 1. The molecule has 168 valence electrons. The number of amides is 1. The number of hydrogen-bond acceptors (Lipinski definition) is 6. The number of aryl methyl sites for hydroxylation is 1. The van der Waals surface area contributed by atoms with Crippen LogP contribution in [0.5, 0.6) is 5.75 Å². The molecule has 2 aliphatic rings. The normalized spacial score (nSPS) is 19.5. The van der Waals surface area contributed by atoms with E-state index in [2.05, 4.69) is 0 Å². The van der Waals surface area contributed by atoms with Crippen molar-refractivity contribution in [3.63, 3.8) is 0 Å². The van der Waals surface area contributed by atoms with E-state index in [4.69, 9.17) is 9.15 Å². The fourth-order valence-corrected chi connectivity index (χ4v) is 4.45. The van der Waals surface area contributed by atoms with Crippen LogP contribution in [0.2, 0.25) is 0 Å². The quantitative estimate of drug-likeness (QED) is 0.372. The van der Waals surface area contributed by atoms with Crippen molar-refractivity contribution in [1.29, 1.82) is 0 Å². The Hall–Kier alpha value is -4.00. The number of ketones is 1. The van der Waals surface area contributed by atoms with Gasteiger partial charge in [0, 0.05) is 12.6 Å². The first-order valence-electron chi connectivity index (χ1n) is 10.8. The molecule has 0 aliphatic carbocycles. The molecule has 1 N–H and O–H groups in total. The van der Waals surface area contributed by atoms with E-state index in [1.54, 1.807) is 30.3 Å². The molecule has 0 radical (unpaired) electrons. The van der Waals surface area contributed by atoms with E-state index in [1.807, 2.05) is 43.1 Å². The third-order valence-corrected chi connectivity index (χ3v) is 6.13. The van der Waals surface area contributed by atoms with Crippen LogP contribution in [0, 0.1) is 6.92 Å². The molecular weight excluding hydrogens is 420 g/mol. The van der Waals surface area contributed by atoms with E-state index < -0.39 is 17.7 Å². The largest absolute Gasteiger partial charge is 0.507 e. The predicted octanol–water partition coefficient (Wildman–Crippen LogP) is 4.04. The minimum atomic E-state index is -0.736. The number of likely N-dealkylation sites (tertiary alicyclic amines) is 1. The highest BCUT2D eigenvalue weighted by Crippen LogP contribution is 2.42. The van der Waals surface area contributed by atoms with Crippen LogP contribution in [0.25, 0.3) is 5.76 Å². The molecular formula is C26H24N2O5. The van der Waals surface area contributed by atoms with Gasteiger partial charge in [0.25, 0.3) is 11.7 Å². The number of anilines is 1. The van der Waals surface area contributed by atoms with Gasteiger partial charge in [-0.3, -0.25) is 9.59 Å². The number of nitrogens with zero attached hydrogens (tertiary/aromatic N) is 2. The molecule has 7 heteroatoms. The Bertz CT molecular complexity index is 1260. The van der Waals surface area contributed by atoms with Gasteiger partial charge in [0.1, 0.15) is 23.9 Å². The molecule has 3 heterocycles. The minimum Gasteiger partial charge on any atom is -0.507 e. The highest BCUT2D eigenvalue weighted by molar-refractivity contribution is 6.46. The van der Waals surface area contributed by atoms with Crippen LogP contribution in [-0.2, 0) is 16.1 Å². The minimum absolute atomic E-state index is 0.0662. The molecule has 3 aromatic rings. The number of benzene rings is 2. The molecule has 1 saturated heterocycles. The summed E-state index contributed by atoms with van der Waals surface area (Å²) in [5, 5.41) is 11.3. The van der Waals surface area contributed by atoms with E-state index >= 15 is 0 Å². The highest BCUT2D eigenvalue weighted by atomic mass is 16.5. The van der Waals surface area contributed by atoms with Gasteiger partial charge < -0.3 is 24.1 Å². The van der Waals surface area contributed by atoms with Gasteiger partial charge >= 0.3 is 0 Å². The number of rotatable bonds is 4. The van der Waals surface area contributed by atoms with Gasteiger partial charge in [0.05, 0.1) is 36.7 Å². The van der Waals surface area contributed by atoms with Crippen molar-refractivity contribution in [2.24, 2.45) is 0 Å². The van der Waals surface area contributed by atoms with Crippen molar-refractivity contribution in [2.75, 3.05) is 25.1 Å². The van der Waals surface area contributed by atoms with Crippen LogP contribution in [-0.4, -0.2) is 41.9 Å². The molecule has 2 aromatic carbocycles. The molecule has 0 saturated carbocycles. The first-order chi connectivity index (χ1) is 15.9. The summed E-state index contributed by atoms with van der Waals surface area (Å²) in [6.45, 7) is 3.36. The number of fused-ring (bicyclic) bond motifs is 1. The number of hydrogen-bond donors (Lipinski definition) is 1. The molecule has 1 amide bonds. The number of Topliss-reactive ketones (excluding diaryl/α,β-unsaturated/α-hetero) is 1. The molecule has 5 rings (SSSR count). The van der Waals surface area contributed by atoms with Crippen LogP contribution in [0.15, 0.2) is 70.9 Å². The predicted molar refractivity (Wildman–Crippen MR) is 123 cm³/mol. The van der Waals surface area contributed by atoms with Crippen molar-refractivity contribution in [2.45, 2.75) is 19.5 Å². The van der Waals surface area contributed by atoms with E-state index in [9.17, 15) is 14.7 Å². The van der Waals surface area contributed by atoms with Gasteiger partial charge in [-0.1, -0.05) is 29.8 Å². The summed E-state index contributed by atoms with van der Waals surface area (Å²) in [5.41, 5.74) is 3.09. The molecule has 7 nitrogen and oxygen atoms in total. The van der Waals surface area contributed by atoms with E-state index in [-0.39, 0.29) is 17.9 Å². The van der Waals surface area contributed by atoms with Crippen LogP contribution < -0.4 is 9.64 Å². The average molecular weight is 444 g/mol. The Balaban J connectivity index is 1.65. The molecule has 1 aromatic heterocycles. The third kappa shape index (κ3) is 3.65. The lowest BCUT2D eigenvalue weighted by Crippen LogP contribution is -2.29. The standard InChI is InChI=1S/C26H24N2O5/c1-16-5-3-6-17(13-16)23-22(25(30)26(31)28(23)15-19-7-4-11-32-19)24(29)18-8-9-21-20(14-18)27(2)10-12-33-21/h3-9,11,13-14,23,29H,10,12,15H2,1-2H3/b24-22-. The fourth-order valence-electron chi connectivity index (χ4n) is 4.45. The van der Waals surface area contributed by atoms with Gasteiger partial charge in [-0.15, -0.1) is 0 Å². The topological polar surface area (TPSA) is 83.2 Å². The number of furan rings is 1. The summed E-state index contributed by atoms with van der Waals surface area (Å²) >= 11 is 0. The van der Waals surface area contributed by atoms with Crippen molar-refractivity contribution in [3.8, 4) is 5.75 Å². The zero-order chi connectivity index (χ0) is 23.1. The summed E-state index contributed by atoms with van der Waals surface area (Å²) < 4.78 is 11.1. The van der Waals surface area contributed by atoms with Gasteiger partial charge in [-0.05, 0) is 42.8 Å². The smallest absolute Gasteiger partial charge is 0.296 e. The zero-order valence-corrected chi connectivity index (χ0v) is 18.4. The van der Waals surface area contributed by atoms with Crippen molar-refractivity contribution < 1.29 is 23.8 Å². The molecule has 2 aliphatic heterocycles. The number of likely N-dealkylation sites (N-methyl/N-ethyl adjacent to an activating group) is 1. The van der Waals surface area contributed by atoms with Crippen LogP contribution in [0.4, 0.5) is 5.69 Å². The Morgan fingerprint density at radius 3 is 2.73 bits per heavy atom. The number of carbonyl (C=O) groups excluding carboxylic acids is 2. The van der Waals surface area contributed by atoms with Crippen molar-refractivity contribution >= 4 is 23.1 Å². The maximum Gasteiger partial charge on any atom is 0.296 e. The second kappa shape index (κ2) is 8.16. The second-order valence-corrected chi connectivity index (χ2v) is 8.37. The van der Waals surface area contributed by atoms with Crippen molar-refractivity contribution in [1.82, 2.24) is 4.90 Å². The zero-order valence-electron chi connectivity index (χ0n) is 18.4. The Labute approximate surface area is 191 Å². The molecule has 0 bridgehead atoms. The lowest BCUT2D eigenvalue weighted by molar-refractivity contribution is -0.140. The van der Waals surface area contributed by atoms with Gasteiger partial charge in [-0.25, -0.2) is 0 Å². The summed E-state index contributed by atoms with van der Waals surface area (Å²) in [5.74, 6) is -0.315. The first-order valence-corrected chi connectivity index (χ1v) is 10.8. The third-order valence-electron chi connectivity index (χ3n) is 6.13. The molecule has 1 atom stereocenters. The fraction of sp³-hybridized carbons (Fsp3) is 0.231.